The third kappa shape index (κ3) is 4.39. The molecule has 1 aliphatic heterocycles. The normalized spacial score (nSPS) is 18.7. The van der Waals surface area contributed by atoms with Crippen LogP contribution in [0.4, 0.5) is 0 Å². The molecule has 4 nitrogen and oxygen atoms in total. The number of rotatable bonds is 3. The molecule has 0 aliphatic carbocycles. The van der Waals surface area contributed by atoms with Gasteiger partial charge < -0.3 is 4.74 Å². The van der Waals surface area contributed by atoms with Crippen molar-refractivity contribution in [1.82, 2.24) is 8.01 Å². The lowest BCUT2D eigenvalue weighted by Crippen LogP contribution is -2.36. The number of amides is 1. The van der Waals surface area contributed by atoms with Gasteiger partial charge in [-0.3, -0.25) is 12.8 Å². The van der Waals surface area contributed by atoms with Crippen molar-refractivity contribution in [3.05, 3.63) is 12.2 Å². The van der Waals surface area contributed by atoms with Crippen LogP contribution in [0.3, 0.4) is 0 Å². The molecule has 0 radical (unpaired) electrons. The molecule has 14 heavy (non-hydrogen) atoms. The van der Waals surface area contributed by atoms with Gasteiger partial charge in [0.2, 0.25) is 0 Å². The molecule has 1 amide bonds. The van der Waals surface area contributed by atoms with Crippen LogP contribution in [0.15, 0.2) is 12.2 Å². The van der Waals surface area contributed by atoms with E-state index in [4.69, 9.17) is 4.74 Å². The summed E-state index contributed by atoms with van der Waals surface area (Å²) in [5.74, 6) is 0.0267. The predicted octanol–water partition coefficient (Wildman–Crippen LogP) is 0.683. The summed E-state index contributed by atoms with van der Waals surface area (Å²) in [6.45, 7) is 4.35. The first-order valence-electron chi connectivity index (χ1n) is 4.60. The van der Waals surface area contributed by atoms with Gasteiger partial charge in [0.05, 0.1) is 36.1 Å². The highest BCUT2D eigenvalue weighted by atomic mass is 127. The lowest BCUT2D eigenvalue weighted by molar-refractivity contribution is -0.119. The van der Waals surface area contributed by atoms with Gasteiger partial charge in [-0.2, -0.15) is 0 Å². The topological polar surface area (TPSA) is 32.8 Å². The van der Waals surface area contributed by atoms with Crippen molar-refractivity contribution in [2.45, 2.75) is 0 Å². The van der Waals surface area contributed by atoms with Crippen molar-refractivity contribution in [3.8, 4) is 0 Å². The number of nitrogens with zero attached hydrogens (tertiary/aromatic N) is 2. The maximum Gasteiger partial charge on any atom is 0.254 e. The number of carbonyl (C=O) groups excluding carboxylic acids is 1. The van der Waals surface area contributed by atoms with Crippen LogP contribution < -0.4 is 0 Å². The van der Waals surface area contributed by atoms with E-state index >= 15 is 0 Å². The summed E-state index contributed by atoms with van der Waals surface area (Å²) in [7, 11) is 1.74. The molecule has 1 fully saturated rings. The van der Waals surface area contributed by atoms with Gasteiger partial charge in [0, 0.05) is 32.8 Å². The molecule has 0 unspecified atom stereocenters. The smallest absolute Gasteiger partial charge is 0.254 e. The molecule has 0 atom stereocenters. The molecule has 80 valence electrons. The first-order valence-corrected chi connectivity index (χ1v) is 5.57. The summed E-state index contributed by atoms with van der Waals surface area (Å²) < 4.78 is 6.76. The van der Waals surface area contributed by atoms with Crippen LogP contribution in [0.25, 0.3) is 0 Å². The van der Waals surface area contributed by atoms with Crippen LogP contribution in [0.2, 0.25) is 0 Å². The Kier molecular flexibility index (Phi) is 5.42. The fourth-order valence-corrected chi connectivity index (χ4v) is 1.35. The lowest BCUT2D eigenvalue weighted by atomic mass is 10.4. The van der Waals surface area contributed by atoms with E-state index in [-0.39, 0.29) is 5.91 Å². The molecule has 0 N–H and O–H groups in total. The third-order valence-corrected chi connectivity index (χ3v) is 2.51. The van der Waals surface area contributed by atoms with E-state index in [2.05, 4.69) is 4.90 Å². The van der Waals surface area contributed by atoms with E-state index < -0.39 is 0 Å². The summed E-state index contributed by atoms with van der Waals surface area (Å²) >= 11 is 1.96. The number of hydrogen-bond acceptors (Lipinski definition) is 3. The first-order chi connectivity index (χ1) is 6.70. The van der Waals surface area contributed by atoms with Crippen LogP contribution >= 0.6 is 22.9 Å². The monoisotopic (exact) mass is 310 g/mol. The van der Waals surface area contributed by atoms with Gasteiger partial charge in [0.1, 0.15) is 0 Å². The highest BCUT2D eigenvalue weighted by Crippen LogP contribution is 1.98. The second-order valence-electron chi connectivity index (χ2n) is 3.13. The lowest BCUT2D eigenvalue weighted by Gasteiger charge is -2.25. The molecule has 0 bridgehead atoms. The maximum atomic E-state index is 11.2. The quantitative estimate of drug-likeness (QED) is 0.437. The van der Waals surface area contributed by atoms with Crippen LogP contribution in [-0.2, 0) is 9.53 Å². The highest BCUT2D eigenvalue weighted by molar-refractivity contribution is 14.1. The van der Waals surface area contributed by atoms with Crippen molar-refractivity contribution in [1.29, 1.82) is 0 Å². The molecule has 1 heterocycles. The van der Waals surface area contributed by atoms with Crippen molar-refractivity contribution < 1.29 is 9.53 Å². The summed E-state index contributed by atoms with van der Waals surface area (Å²) in [4.78, 5) is 13.4. The molecule has 0 saturated carbocycles. The molecule has 0 spiro atoms. The highest BCUT2D eigenvalue weighted by Gasteiger charge is 2.08. The SMILES string of the molecule is CN(I)C(=O)/C=C/CN1CCOCC1. The third-order valence-electron chi connectivity index (χ3n) is 2.03. The first kappa shape index (κ1) is 11.9. The van der Waals surface area contributed by atoms with Gasteiger partial charge in [-0.25, -0.2) is 0 Å². The molecular formula is C9H15IN2O2. The van der Waals surface area contributed by atoms with Gasteiger partial charge in [-0.05, 0) is 0 Å². The van der Waals surface area contributed by atoms with E-state index in [1.165, 1.54) is 3.11 Å². The number of halogens is 1. The Balaban J connectivity index is 2.21. The van der Waals surface area contributed by atoms with E-state index in [9.17, 15) is 4.79 Å². The molecule has 1 saturated heterocycles. The Morgan fingerprint density at radius 3 is 2.79 bits per heavy atom. The van der Waals surface area contributed by atoms with Gasteiger partial charge >= 0.3 is 0 Å². The summed E-state index contributed by atoms with van der Waals surface area (Å²) in [6.07, 6.45) is 3.52. The summed E-state index contributed by atoms with van der Waals surface area (Å²) in [5, 5.41) is 0. The zero-order chi connectivity index (χ0) is 10.4. The predicted molar refractivity (Wildman–Crippen MR) is 63.2 cm³/mol. The summed E-state index contributed by atoms with van der Waals surface area (Å²) in [6, 6.07) is 0. The molecule has 0 aromatic carbocycles. The second-order valence-corrected chi connectivity index (χ2v) is 4.58. The minimum absolute atomic E-state index is 0.0267. The number of likely N-dealkylation sites (N-methyl/N-ethyl adjacent to an activating group) is 1. The standard InChI is InChI=1S/C9H15IN2O2/c1-11(10)9(13)3-2-4-12-5-7-14-8-6-12/h2-3H,4-8H2,1H3/b3-2+. The molecule has 0 aromatic rings. The Bertz CT molecular complexity index is 213. The van der Waals surface area contributed by atoms with Gasteiger partial charge in [0.25, 0.3) is 5.91 Å². The average Bonchev–Trinajstić information content (AvgIpc) is 2.19. The zero-order valence-corrected chi connectivity index (χ0v) is 10.4. The minimum atomic E-state index is 0.0267. The molecule has 5 heteroatoms. The maximum absolute atomic E-state index is 11.2. The van der Waals surface area contributed by atoms with Gasteiger partial charge in [-0.15, -0.1) is 0 Å². The van der Waals surface area contributed by atoms with E-state index in [1.54, 1.807) is 13.1 Å². The zero-order valence-electron chi connectivity index (χ0n) is 8.28. The second kappa shape index (κ2) is 6.36. The minimum Gasteiger partial charge on any atom is -0.379 e. The fourth-order valence-electron chi connectivity index (χ4n) is 1.19. The Hall–Kier alpha value is -0.140. The Labute approximate surface area is 98.4 Å². The van der Waals surface area contributed by atoms with Crippen molar-refractivity contribution in [3.63, 3.8) is 0 Å². The summed E-state index contributed by atoms with van der Waals surface area (Å²) in [5.41, 5.74) is 0. The van der Waals surface area contributed by atoms with Crippen molar-refractivity contribution in [2.75, 3.05) is 39.9 Å². The number of ether oxygens (including phenoxy) is 1. The van der Waals surface area contributed by atoms with Crippen LogP contribution in [0.5, 0.6) is 0 Å². The van der Waals surface area contributed by atoms with Crippen LogP contribution in [0, 0.1) is 0 Å². The van der Waals surface area contributed by atoms with Crippen molar-refractivity contribution >= 4 is 28.8 Å². The van der Waals surface area contributed by atoms with Gasteiger partial charge in [0.15, 0.2) is 0 Å². The fraction of sp³-hybridized carbons (Fsp3) is 0.667. The largest absolute Gasteiger partial charge is 0.379 e. The van der Waals surface area contributed by atoms with E-state index in [0.29, 0.717) is 0 Å². The van der Waals surface area contributed by atoms with Crippen LogP contribution in [-0.4, -0.2) is 53.8 Å². The van der Waals surface area contributed by atoms with Crippen molar-refractivity contribution in [2.24, 2.45) is 0 Å². The van der Waals surface area contributed by atoms with E-state index in [0.717, 1.165) is 32.8 Å². The van der Waals surface area contributed by atoms with E-state index in [1.807, 2.05) is 28.9 Å². The number of carbonyl (C=O) groups is 1. The molecule has 1 aliphatic rings. The molecule has 1 rings (SSSR count). The molecule has 0 aromatic heterocycles. The number of hydrogen-bond donors (Lipinski definition) is 0. The Morgan fingerprint density at radius 1 is 1.57 bits per heavy atom. The number of morpholine rings is 1. The molecular weight excluding hydrogens is 295 g/mol. The van der Waals surface area contributed by atoms with Crippen LogP contribution in [0.1, 0.15) is 0 Å². The Morgan fingerprint density at radius 2 is 2.21 bits per heavy atom. The van der Waals surface area contributed by atoms with Gasteiger partial charge in [-0.1, -0.05) is 6.08 Å². The average molecular weight is 310 g/mol.